The van der Waals surface area contributed by atoms with E-state index in [2.05, 4.69) is 49.4 Å². The summed E-state index contributed by atoms with van der Waals surface area (Å²) >= 11 is 0. The smallest absolute Gasteiger partial charge is 0.122 e. The summed E-state index contributed by atoms with van der Waals surface area (Å²) in [4.78, 5) is 0. The average Bonchev–Trinajstić information content (AvgIpc) is 2.50. The van der Waals surface area contributed by atoms with Crippen LogP contribution in [0.4, 0.5) is 0 Å². The Balaban J connectivity index is 1.65. The molecule has 2 heteroatoms. The molecule has 3 rings (SSSR count). The van der Waals surface area contributed by atoms with E-state index in [0.717, 1.165) is 31.6 Å². The maximum atomic E-state index is 6.39. The Hall–Kier alpha value is -1.80. The van der Waals surface area contributed by atoms with Crippen LogP contribution in [0.15, 0.2) is 48.5 Å². The second kappa shape index (κ2) is 6.31. The van der Waals surface area contributed by atoms with Crippen LogP contribution in [0.3, 0.4) is 0 Å². The molecule has 1 aliphatic rings. The molecule has 0 saturated heterocycles. The number of fused-ring (bicyclic) bond motifs is 1. The third-order valence-corrected chi connectivity index (χ3v) is 4.29. The largest absolute Gasteiger partial charge is 0.493 e. The second-order valence-corrected chi connectivity index (χ2v) is 6.06. The number of benzene rings is 2. The number of aryl methyl sites for hydroxylation is 1. The van der Waals surface area contributed by atoms with Gasteiger partial charge in [-0.15, -0.1) is 0 Å². The van der Waals surface area contributed by atoms with Gasteiger partial charge in [-0.25, -0.2) is 0 Å². The summed E-state index contributed by atoms with van der Waals surface area (Å²) in [6, 6.07) is 17.3. The number of hydrogen-bond donors (Lipinski definition) is 1. The monoisotopic (exact) mass is 281 g/mol. The van der Waals surface area contributed by atoms with Gasteiger partial charge in [-0.2, -0.15) is 0 Å². The third-order valence-electron chi connectivity index (χ3n) is 4.29. The van der Waals surface area contributed by atoms with Crippen LogP contribution >= 0.6 is 0 Å². The van der Waals surface area contributed by atoms with E-state index >= 15 is 0 Å². The minimum absolute atomic E-state index is 0.198. The highest BCUT2D eigenvalue weighted by atomic mass is 16.5. The first-order valence-electron chi connectivity index (χ1n) is 7.75. The molecular weight excluding hydrogens is 258 g/mol. The Morgan fingerprint density at radius 1 is 1.14 bits per heavy atom. The molecule has 0 amide bonds. The molecule has 2 aromatic carbocycles. The normalized spacial score (nSPS) is 18.7. The highest BCUT2D eigenvalue weighted by Crippen LogP contribution is 2.36. The van der Waals surface area contributed by atoms with Crippen molar-refractivity contribution < 1.29 is 4.74 Å². The second-order valence-electron chi connectivity index (χ2n) is 6.06. The van der Waals surface area contributed by atoms with Gasteiger partial charge in [0.1, 0.15) is 5.75 Å². The highest BCUT2D eigenvalue weighted by molar-refractivity contribution is 5.37. The minimum atomic E-state index is 0.198. The van der Waals surface area contributed by atoms with Gasteiger partial charge in [0.2, 0.25) is 0 Å². The fraction of sp³-hybridized carbons (Fsp3) is 0.368. The molecular formula is C19H23NO. The van der Waals surface area contributed by atoms with Crippen molar-refractivity contribution in [2.45, 2.75) is 38.1 Å². The van der Waals surface area contributed by atoms with Crippen molar-refractivity contribution in [2.75, 3.05) is 6.61 Å². The van der Waals surface area contributed by atoms with E-state index in [-0.39, 0.29) is 6.04 Å². The van der Waals surface area contributed by atoms with Gasteiger partial charge < -0.3 is 10.5 Å². The Labute approximate surface area is 126 Å². The molecule has 1 heterocycles. The summed E-state index contributed by atoms with van der Waals surface area (Å²) in [6.45, 7) is 2.92. The number of nitrogens with two attached hydrogens (primary N) is 1. The Bertz CT molecular complexity index is 591. The first kappa shape index (κ1) is 14.2. The number of rotatable bonds is 4. The Morgan fingerprint density at radius 2 is 1.90 bits per heavy atom. The van der Waals surface area contributed by atoms with Gasteiger partial charge in [-0.1, -0.05) is 48.0 Å². The third kappa shape index (κ3) is 3.45. The first-order chi connectivity index (χ1) is 10.2. The van der Waals surface area contributed by atoms with Crippen LogP contribution in [-0.2, 0) is 6.42 Å². The summed E-state index contributed by atoms with van der Waals surface area (Å²) < 4.78 is 5.73. The van der Waals surface area contributed by atoms with Crippen LogP contribution in [0, 0.1) is 6.92 Å². The van der Waals surface area contributed by atoms with Crippen molar-refractivity contribution >= 4 is 0 Å². The van der Waals surface area contributed by atoms with E-state index in [0.29, 0.717) is 5.92 Å². The van der Waals surface area contributed by atoms with Crippen LogP contribution in [0.25, 0.3) is 0 Å². The molecule has 21 heavy (non-hydrogen) atoms. The van der Waals surface area contributed by atoms with Crippen molar-refractivity contribution in [2.24, 2.45) is 5.73 Å². The summed E-state index contributed by atoms with van der Waals surface area (Å²) in [5.41, 5.74) is 10.3. The quantitative estimate of drug-likeness (QED) is 0.924. The lowest BCUT2D eigenvalue weighted by Crippen LogP contribution is -2.27. The molecule has 0 fully saturated rings. The highest BCUT2D eigenvalue weighted by Gasteiger charge is 2.23. The van der Waals surface area contributed by atoms with Crippen molar-refractivity contribution in [3.05, 3.63) is 65.2 Å². The number of para-hydroxylation sites is 1. The van der Waals surface area contributed by atoms with Gasteiger partial charge in [0.05, 0.1) is 6.61 Å². The van der Waals surface area contributed by atoms with Crippen molar-refractivity contribution in [1.82, 2.24) is 0 Å². The van der Waals surface area contributed by atoms with Crippen LogP contribution in [0.1, 0.15) is 35.4 Å². The van der Waals surface area contributed by atoms with Crippen LogP contribution in [-0.4, -0.2) is 12.6 Å². The number of hydrogen-bond acceptors (Lipinski definition) is 2. The van der Waals surface area contributed by atoms with Crippen molar-refractivity contribution in [3.8, 4) is 5.75 Å². The molecule has 2 aromatic rings. The molecule has 2 nitrogen and oxygen atoms in total. The van der Waals surface area contributed by atoms with E-state index in [9.17, 15) is 0 Å². The van der Waals surface area contributed by atoms with Crippen molar-refractivity contribution in [3.63, 3.8) is 0 Å². The average molecular weight is 281 g/mol. The maximum absolute atomic E-state index is 6.39. The summed E-state index contributed by atoms with van der Waals surface area (Å²) in [6.07, 6.45) is 3.03. The van der Waals surface area contributed by atoms with Gasteiger partial charge in [0.15, 0.2) is 0 Å². The maximum Gasteiger partial charge on any atom is 0.122 e. The van der Waals surface area contributed by atoms with Crippen LogP contribution < -0.4 is 10.5 Å². The molecule has 0 aromatic heterocycles. The summed E-state index contributed by atoms with van der Waals surface area (Å²) in [5.74, 6) is 1.56. The molecule has 1 aliphatic heterocycles. The molecule has 0 radical (unpaired) electrons. The Morgan fingerprint density at radius 3 is 2.71 bits per heavy atom. The zero-order valence-electron chi connectivity index (χ0n) is 12.6. The fourth-order valence-electron chi connectivity index (χ4n) is 3.14. The molecule has 0 bridgehead atoms. The first-order valence-corrected chi connectivity index (χ1v) is 7.75. The number of ether oxygens (including phenoxy) is 1. The van der Waals surface area contributed by atoms with Gasteiger partial charge in [-0.3, -0.25) is 0 Å². The van der Waals surface area contributed by atoms with E-state index in [1.165, 1.54) is 16.7 Å². The van der Waals surface area contributed by atoms with Gasteiger partial charge >= 0.3 is 0 Å². The minimum Gasteiger partial charge on any atom is -0.493 e. The fourth-order valence-corrected chi connectivity index (χ4v) is 3.14. The molecule has 2 N–H and O–H groups in total. The Kier molecular flexibility index (Phi) is 4.26. The van der Waals surface area contributed by atoms with Gasteiger partial charge in [0, 0.05) is 6.04 Å². The van der Waals surface area contributed by atoms with E-state index in [1.807, 2.05) is 6.07 Å². The van der Waals surface area contributed by atoms with E-state index < -0.39 is 0 Å². The molecule has 0 saturated carbocycles. The predicted octanol–water partition coefficient (Wildman–Crippen LogP) is 3.82. The molecule has 2 unspecified atom stereocenters. The van der Waals surface area contributed by atoms with Crippen LogP contribution in [0.2, 0.25) is 0 Å². The van der Waals surface area contributed by atoms with Crippen molar-refractivity contribution in [1.29, 1.82) is 0 Å². The SMILES string of the molecule is Cc1ccc(CC(N)CC2CCOc3ccccc32)cc1. The topological polar surface area (TPSA) is 35.2 Å². The summed E-state index contributed by atoms with van der Waals surface area (Å²) in [7, 11) is 0. The van der Waals surface area contributed by atoms with Gasteiger partial charge in [-0.05, 0) is 49.3 Å². The molecule has 110 valence electrons. The van der Waals surface area contributed by atoms with Gasteiger partial charge in [0.25, 0.3) is 0 Å². The zero-order chi connectivity index (χ0) is 14.7. The summed E-state index contributed by atoms with van der Waals surface area (Å²) in [5, 5.41) is 0. The standard InChI is InChI=1S/C19H23NO/c1-14-6-8-15(9-7-14)12-17(20)13-16-10-11-21-19-5-3-2-4-18(16)19/h2-9,16-17H,10-13,20H2,1H3. The molecule has 0 aliphatic carbocycles. The van der Waals surface area contributed by atoms with E-state index in [4.69, 9.17) is 10.5 Å². The van der Waals surface area contributed by atoms with Crippen LogP contribution in [0.5, 0.6) is 5.75 Å². The molecule has 2 atom stereocenters. The molecule has 0 spiro atoms. The van der Waals surface area contributed by atoms with E-state index in [1.54, 1.807) is 0 Å². The lowest BCUT2D eigenvalue weighted by molar-refractivity contribution is 0.259. The lowest BCUT2D eigenvalue weighted by atomic mass is 9.86. The predicted molar refractivity (Wildman–Crippen MR) is 86.8 cm³/mol. The lowest BCUT2D eigenvalue weighted by Gasteiger charge is -2.28. The zero-order valence-corrected chi connectivity index (χ0v) is 12.6.